The Labute approximate surface area is 76.3 Å². The molecule has 0 N–H and O–H groups in total. The maximum Gasteiger partial charge on any atom is 0.411 e. The van der Waals surface area contributed by atoms with Crippen molar-refractivity contribution < 1.29 is 17.9 Å². The molecular formula is C9H15F3O. The second kappa shape index (κ2) is 4.31. The summed E-state index contributed by atoms with van der Waals surface area (Å²) < 4.78 is 40.1. The van der Waals surface area contributed by atoms with E-state index >= 15 is 0 Å². The largest absolute Gasteiger partial charge is 0.411 e. The van der Waals surface area contributed by atoms with E-state index in [9.17, 15) is 13.2 Å². The number of rotatable bonds is 2. The Morgan fingerprint density at radius 1 is 1.31 bits per heavy atom. The van der Waals surface area contributed by atoms with Gasteiger partial charge in [-0.3, -0.25) is 0 Å². The minimum absolute atomic E-state index is 0.176. The third-order valence-electron chi connectivity index (χ3n) is 2.37. The summed E-state index contributed by atoms with van der Waals surface area (Å²) in [6.07, 6.45) is -0.697. The molecule has 1 nitrogen and oxygen atoms in total. The molecule has 0 aliphatic heterocycles. The van der Waals surface area contributed by atoms with Crippen molar-refractivity contribution >= 4 is 0 Å². The lowest BCUT2D eigenvalue weighted by Gasteiger charge is -2.27. The van der Waals surface area contributed by atoms with Gasteiger partial charge in [-0.05, 0) is 18.8 Å². The summed E-state index contributed by atoms with van der Waals surface area (Å²) in [6, 6.07) is 0. The van der Waals surface area contributed by atoms with Crippen molar-refractivity contribution in [2.75, 3.05) is 6.61 Å². The monoisotopic (exact) mass is 196 g/mol. The van der Waals surface area contributed by atoms with Crippen LogP contribution in [0.3, 0.4) is 0 Å². The van der Waals surface area contributed by atoms with Gasteiger partial charge in [-0.15, -0.1) is 0 Å². The van der Waals surface area contributed by atoms with Crippen molar-refractivity contribution in [3.63, 3.8) is 0 Å². The number of hydrogen-bond acceptors (Lipinski definition) is 1. The Morgan fingerprint density at radius 2 is 2.00 bits per heavy atom. The zero-order chi connectivity index (χ0) is 9.90. The van der Waals surface area contributed by atoms with Crippen LogP contribution >= 0.6 is 0 Å². The van der Waals surface area contributed by atoms with Crippen LogP contribution < -0.4 is 0 Å². The van der Waals surface area contributed by atoms with Crippen LogP contribution in [0, 0.1) is 5.92 Å². The highest BCUT2D eigenvalue weighted by Gasteiger charge is 2.30. The van der Waals surface area contributed by atoms with E-state index in [4.69, 9.17) is 4.74 Å². The molecule has 0 radical (unpaired) electrons. The van der Waals surface area contributed by atoms with Crippen LogP contribution in [0.15, 0.2) is 0 Å². The molecule has 1 fully saturated rings. The van der Waals surface area contributed by atoms with E-state index < -0.39 is 12.8 Å². The molecule has 78 valence electrons. The molecule has 2 atom stereocenters. The molecule has 1 aliphatic carbocycles. The van der Waals surface area contributed by atoms with Crippen molar-refractivity contribution in [1.82, 2.24) is 0 Å². The second-order valence-electron chi connectivity index (χ2n) is 3.82. The zero-order valence-electron chi connectivity index (χ0n) is 7.73. The van der Waals surface area contributed by atoms with Gasteiger partial charge in [0.1, 0.15) is 6.61 Å². The van der Waals surface area contributed by atoms with Gasteiger partial charge in [0, 0.05) is 0 Å². The minimum Gasteiger partial charge on any atom is -0.369 e. The third kappa shape index (κ3) is 4.50. The Kier molecular flexibility index (Phi) is 3.59. The molecule has 0 heterocycles. The molecule has 1 saturated carbocycles. The lowest BCUT2D eigenvalue weighted by atomic mass is 9.89. The summed E-state index contributed by atoms with van der Waals surface area (Å²) in [7, 11) is 0. The summed E-state index contributed by atoms with van der Waals surface area (Å²) in [5.74, 6) is 0.506. The first-order valence-electron chi connectivity index (χ1n) is 4.66. The van der Waals surface area contributed by atoms with Gasteiger partial charge in [-0.25, -0.2) is 0 Å². The molecule has 4 heteroatoms. The van der Waals surface area contributed by atoms with E-state index in [1.807, 2.05) is 0 Å². The van der Waals surface area contributed by atoms with Crippen molar-refractivity contribution in [2.24, 2.45) is 5.92 Å². The van der Waals surface area contributed by atoms with Gasteiger partial charge in [0.15, 0.2) is 0 Å². The Hall–Kier alpha value is -0.250. The normalized spacial score (nSPS) is 30.5. The minimum atomic E-state index is -4.18. The molecule has 0 spiro atoms. The van der Waals surface area contributed by atoms with E-state index in [2.05, 4.69) is 6.92 Å². The lowest BCUT2D eigenvalue weighted by Crippen LogP contribution is -2.27. The first kappa shape index (κ1) is 10.8. The highest BCUT2D eigenvalue weighted by Crippen LogP contribution is 2.27. The molecule has 0 bridgehead atoms. The molecule has 13 heavy (non-hydrogen) atoms. The first-order valence-corrected chi connectivity index (χ1v) is 4.66. The van der Waals surface area contributed by atoms with Gasteiger partial charge in [0.25, 0.3) is 0 Å². The summed E-state index contributed by atoms with van der Waals surface area (Å²) in [5, 5.41) is 0. The van der Waals surface area contributed by atoms with Crippen molar-refractivity contribution in [1.29, 1.82) is 0 Å². The Bertz CT molecular complexity index is 155. The average Bonchev–Trinajstić information content (AvgIpc) is 2.00. The molecular weight excluding hydrogens is 181 g/mol. The van der Waals surface area contributed by atoms with Crippen LogP contribution in [-0.2, 0) is 4.74 Å². The molecule has 1 aliphatic rings. The van der Waals surface area contributed by atoms with Gasteiger partial charge in [0.2, 0.25) is 0 Å². The van der Waals surface area contributed by atoms with Crippen molar-refractivity contribution in [2.45, 2.75) is 44.9 Å². The smallest absolute Gasteiger partial charge is 0.369 e. The van der Waals surface area contributed by atoms with Gasteiger partial charge in [-0.1, -0.05) is 19.8 Å². The maximum absolute atomic E-state index is 11.8. The van der Waals surface area contributed by atoms with Gasteiger partial charge < -0.3 is 4.74 Å². The van der Waals surface area contributed by atoms with Crippen LogP contribution in [0.5, 0.6) is 0 Å². The van der Waals surface area contributed by atoms with Gasteiger partial charge in [-0.2, -0.15) is 13.2 Å². The van der Waals surface area contributed by atoms with E-state index in [1.54, 1.807) is 0 Å². The first-order chi connectivity index (χ1) is 5.97. The molecule has 1 rings (SSSR count). The Balaban J connectivity index is 2.21. The predicted molar refractivity (Wildman–Crippen MR) is 43.4 cm³/mol. The molecule has 0 aromatic heterocycles. The summed E-state index contributed by atoms with van der Waals surface area (Å²) in [6.45, 7) is 0.966. The quantitative estimate of drug-likeness (QED) is 0.659. The Morgan fingerprint density at radius 3 is 2.54 bits per heavy atom. The van der Waals surface area contributed by atoms with Crippen LogP contribution in [0.4, 0.5) is 13.2 Å². The van der Waals surface area contributed by atoms with E-state index in [0.29, 0.717) is 5.92 Å². The average molecular weight is 196 g/mol. The standard InChI is InChI=1S/C9H15F3O/c1-7-3-2-4-8(5-7)13-6-9(10,11)12/h7-8H,2-6H2,1H3/t7-,8-/m0/s1. The maximum atomic E-state index is 11.8. The lowest BCUT2D eigenvalue weighted by molar-refractivity contribution is -0.189. The summed E-state index contributed by atoms with van der Waals surface area (Å²) in [5.41, 5.74) is 0. The van der Waals surface area contributed by atoms with Crippen molar-refractivity contribution in [3.05, 3.63) is 0 Å². The van der Waals surface area contributed by atoms with Gasteiger partial charge in [0.05, 0.1) is 6.10 Å². The van der Waals surface area contributed by atoms with E-state index in [0.717, 1.165) is 25.7 Å². The molecule has 0 amide bonds. The number of ether oxygens (including phenoxy) is 1. The summed E-state index contributed by atoms with van der Waals surface area (Å²) >= 11 is 0. The second-order valence-corrected chi connectivity index (χ2v) is 3.82. The van der Waals surface area contributed by atoms with Crippen LogP contribution in [0.1, 0.15) is 32.6 Å². The van der Waals surface area contributed by atoms with Crippen LogP contribution in [-0.4, -0.2) is 18.9 Å². The summed E-state index contributed by atoms with van der Waals surface area (Å²) in [4.78, 5) is 0. The highest BCUT2D eigenvalue weighted by molar-refractivity contribution is 4.70. The molecule has 0 aromatic carbocycles. The number of hydrogen-bond donors (Lipinski definition) is 0. The molecule has 0 unspecified atom stereocenters. The molecule has 0 saturated heterocycles. The van der Waals surface area contributed by atoms with Crippen LogP contribution in [0.25, 0.3) is 0 Å². The SMILES string of the molecule is C[C@H]1CCC[C@H](OCC(F)(F)F)C1. The fourth-order valence-corrected chi connectivity index (χ4v) is 1.74. The third-order valence-corrected chi connectivity index (χ3v) is 2.37. The zero-order valence-corrected chi connectivity index (χ0v) is 7.73. The topological polar surface area (TPSA) is 9.23 Å². The molecule has 0 aromatic rings. The predicted octanol–water partition coefficient (Wildman–Crippen LogP) is 3.14. The van der Waals surface area contributed by atoms with Gasteiger partial charge >= 0.3 is 6.18 Å². The van der Waals surface area contributed by atoms with E-state index in [-0.39, 0.29) is 6.10 Å². The van der Waals surface area contributed by atoms with E-state index in [1.165, 1.54) is 0 Å². The van der Waals surface area contributed by atoms with Crippen molar-refractivity contribution in [3.8, 4) is 0 Å². The highest BCUT2D eigenvalue weighted by atomic mass is 19.4. The fraction of sp³-hybridized carbons (Fsp3) is 1.00. The van der Waals surface area contributed by atoms with Crippen LogP contribution in [0.2, 0.25) is 0 Å². The fourth-order valence-electron chi connectivity index (χ4n) is 1.74. The number of alkyl halides is 3. The number of halogens is 3.